The third kappa shape index (κ3) is 4.10. The van der Waals surface area contributed by atoms with Gasteiger partial charge in [0.15, 0.2) is 0 Å². The second-order valence-corrected chi connectivity index (χ2v) is 6.50. The quantitative estimate of drug-likeness (QED) is 0.754. The Labute approximate surface area is 113 Å². The summed E-state index contributed by atoms with van der Waals surface area (Å²) in [5, 5.41) is 3.86. The molecule has 2 fully saturated rings. The summed E-state index contributed by atoms with van der Waals surface area (Å²) in [6, 6.07) is 1.51. The molecular weight excluding hydrogens is 220 g/mol. The Hall–Kier alpha value is -0.340. The zero-order valence-corrected chi connectivity index (χ0v) is 12.4. The Bertz CT molecular complexity index is 269. The molecule has 0 amide bonds. The van der Waals surface area contributed by atoms with Crippen molar-refractivity contribution >= 4 is 0 Å². The molecule has 1 aliphatic heterocycles. The number of nitrogens with zero attached hydrogens (tertiary/aromatic N) is 1. The van der Waals surface area contributed by atoms with E-state index in [1.54, 1.807) is 0 Å². The van der Waals surface area contributed by atoms with Crippen LogP contribution >= 0.6 is 0 Å². The molecule has 1 N–H and O–H groups in total. The van der Waals surface area contributed by atoms with Crippen molar-refractivity contribution in [3.63, 3.8) is 0 Å². The molecule has 0 radical (unpaired) electrons. The molecule has 0 spiro atoms. The van der Waals surface area contributed by atoms with E-state index in [1.807, 2.05) is 0 Å². The van der Waals surface area contributed by atoms with Gasteiger partial charge in [0.25, 0.3) is 0 Å². The van der Waals surface area contributed by atoms with Crippen LogP contribution in [0.25, 0.3) is 0 Å². The summed E-state index contributed by atoms with van der Waals surface area (Å²) < 4.78 is 0. The first-order valence-corrected chi connectivity index (χ1v) is 7.77. The lowest BCUT2D eigenvalue weighted by molar-refractivity contribution is 0.175. The third-order valence-corrected chi connectivity index (χ3v) is 4.70. The molecule has 2 aliphatic rings. The van der Waals surface area contributed by atoms with Crippen molar-refractivity contribution in [2.45, 2.75) is 65.0 Å². The summed E-state index contributed by atoms with van der Waals surface area (Å²) in [6.07, 6.45) is 9.37. The summed E-state index contributed by atoms with van der Waals surface area (Å²) >= 11 is 0. The topological polar surface area (TPSA) is 15.3 Å². The van der Waals surface area contributed by atoms with Gasteiger partial charge in [-0.15, -0.1) is 0 Å². The molecule has 2 rings (SSSR count). The Morgan fingerprint density at radius 2 is 1.89 bits per heavy atom. The van der Waals surface area contributed by atoms with E-state index in [4.69, 9.17) is 0 Å². The standard InChI is InChI=1S/C16H30N2/c1-13(2)7-10-18-11-8-16(9-12-18)17-14(3)15-5-4-6-15/h7,14-17H,4-6,8-12H2,1-3H3. The molecule has 1 aliphatic carbocycles. The lowest BCUT2D eigenvalue weighted by atomic mass is 9.80. The average molecular weight is 250 g/mol. The van der Waals surface area contributed by atoms with Gasteiger partial charge in [-0.05, 0) is 65.5 Å². The molecule has 1 saturated carbocycles. The van der Waals surface area contributed by atoms with Gasteiger partial charge in [0.05, 0.1) is 0 Å². The van der Waals surface area contributed by atoms with Crippen molar-refractivity contribution in [1.29, 1.82) is 0 Å². The van der Waals surface area contributed by atoms with E-state index in [1.165, 1.54) is 50.8 Å². The van der Waals surface area contributed by atoms with Gasteiger partial charge in [-0.1, -0.05) is 18.1 Å². The van der Waals surface area contributed by atoms with Gasteiger partial charge >= 0.3 is 0 Å². The second kappa shape index (κ2) is 6.72. The van der Waals surface area contributed by atoms with Crippen molar-refractivity contribution in [1.82, 2.24) is 10.2 Å². The van der Waals surface area contributed by atoms with E-state index >= 15 is 0 Å². The minimum atomic E-state index is 0.744. The molecule has 0 aromatic carbocycles. The lowest BCUT2D eigenvalue weighted by Gasteiger charge is -2.38. The normalized spacial score (nSPS) is 24.6. The molecule has 1 saturated heterocycles. The number of nitrogens with one attached hydrogen (secondary N) is 1. The van der Waals surface area contributed by atoms with Crippen LogP contribution in [0.3, 0.4) is 0 Å². The zero-order chi connectivity index (χ0) is 13.0. The van der Waals surface area contributed by atoms with Gasteiger partial charge in [-0.25, -0.2) is 0 Å². The fraction of sp³-hybridized carbons (Fsp3) is 0.875. The Balaban J connectivity index is 1.65. The van der Waals surface area contributed by atoms with Crippen LogP contribution in [0.15, 0.2) is 11.6 Å². The van der Waals surface area contributed by atoms with Crippen molar-refractivity contribution in [3.8, 4) is 0 Å². The first kappa shape index (κ1) is 14.1. The molecule has 18 heavy (non-hydrogen) atoms. The van der Waals surface area contributed by atoms with Gasteiger partial charge in [-0.2, -0.15) is 0 Å². The number of allylic oxidation sites excluding steroid dienone is 1. The molecule has 2 heteroatoms. The van der Waals surface area contributed by atoms with Crippen LogP contribution < -0.4 is 5.32 Å². The molecule has 104 valence electrons. The van der Waals surface area contributed by atoms with E-state index in [0.29, 0.717) is 0 Å². The maximum absolute atomic E-state index is 3.86. The van der Waals surface area contributed by atoms with E-state index in [-0.39, 0.29) is 0 Å². The number of hydrogen-bond acceptors (Lipinski definition) is 2. The maximum atomic E-state index is 3.86. The average Bonchev–Trinajstić information content (AvgIpc) is 2.25. The third-order valence-electron chi connectivity index (χ3n) is 4.70. The fourth-order valence-electron chi connectivity index (χ4n) is 3.04. The largest absolute Gasteiger partial charge is 0.311 e. The van der Waals surface area contributed by atoms with Gasteiger partial charge in [-0.3, -0.25) is 4.90 Å². The highest BCUT2D eigenvalue weighted by molar-refractivity contribution is 4.96. The highest BCUT2D eigenvalue weighted by Gasteiger charge is 2.27. The van der Waals surface area contributed by atoms with Crippen LogP contribution in [-0.4, -0.2) is 36.6 Å². The van der Waals surface area contributed by atoms with E-state index in [0.717, 1.165) is 24.5 Å². The van der Waals surface area contributed by atoms with Crippen LogP contribution in [0.2, 0.25) is 0 Å². The number of hydrogen-bond donors (Lipinski definition) is 1. The minimum absolute atomic E-state index is 0.744. The van der Waals surface area contributed by atoms with Crippen molar-refractivity contribution in [3.05, 3.63) is 11.6 Å². The first-order valence-electron chi connectivity index (χ1n) is 7.77. The first-order chi connectivity index (χ1) is 8.65. The monoisotopic (exact) mass is 250 g/mol. The van der Waals surface area contributed by atoms with E-state index < -0.39 is 0 Å². The highest BCUT2D eigenvalue weighted by Crippen LogP contribution is 2.30. The number of piperidine rings is 1. The SMILES string of the molecule is CC(C)=CCN1CCC(NC(C)C2CCC2)CC1. The molecule has 2 nitrogen and oxygen atoms in total. The molecule has 0 aromatic rings. The number of rotatable bonds is 5. The minimum Gasteiger partial charge on any atom is -0.311 e. The van der Waals surface area contributed by atoms with Crippen molar-refractivity contribution < 1.29 is 0 Å². The molecule has 0 bridgehead atoms. The summed E-state index contributed by atoms with van der Waals surface area (Å²) in [4.78, 5) is 2.58. The van der Waals surface area contributed by atoms with Crippen LogP contribution in [-0.2, 0) is 0 Å². The number of likely N-dealkylation sites (tertiary alicyclic amines) is 1. The highest BCUT2D eigenvalue weighted by atomic mass is 15.1. The van der Waals surface area contributed by atoms with Crippen LogP contribution in [0.4, 0.5) is 0 Å². The summed E-state index contributed by atoms with van der Waals surface area (Å²) in [6.45, 7) is 10.4. The van der Waals surface area contributed by atoms with E-state index in [9.17, 15) is 0 Å². The molecule has 1 unspecified atom stereocenters. The lowest BCUT2D eigenvalue weighted by Crippen LogP contribution is -2.48. The Morgan fingerprint density at radius 3 is 2.39 bits per heavy atom. The summed E-state index contributed by atoms with van der Waals surface area (Å²) in [5.74, 6) is 0.966. The summed E-state index contributed by atoms with van der Waals surface area (Å²) in [5.41, 5.74) is 1.44. The molecule has 1 atom stereocenters. The Morgan fingerprint density at radius 1 is 1.22 bits per heavy atom. The van der Waals surface area contributed by atoms with Crippen LogP contribution in [0.5, 0.6) is 0 Å². The van der Waals surface area contributed by atoms with Gasteiger partial charge < -0.3 is 5.32 Å². The second-order valence-electron chi connectivity index (χ2n) is 6.50. The van der Waals surface area contributed by atoms with Gasteiger partial charge in [0.2, 0.25) is 0 Å². The predicted octanol–water partition coefficient (Wildman–Crippen LogP) is 3.20. The smallest absolute Gasteiger partial charge is 0.0165 e. The van der Waals surface area contributed by atoms with Crippen molar-refractivity contribution in [2.24, 2.45) is 5.92 Å². The molecular formula is C16H30N2. The maximum Gasteiger partial charge on any atom is 0.0165 e. The fourth-order valence-corrected chi connectivity index (χ4v) is 3.04. The van der Waals surface area contributed by atoms with Crippen LogP contribution in [0.1, 0.15) is 52.9 Å². The van der Waals surface area contributed by atoms with E-state index in [2.05, 4.69) is 37.1 Å². The zero-order valence-electron chi connectivity index (χ0n) is 12.4. The van der Waals surface area contributed by atoms with Gasteiger partial charge in [0.1, 0.15) is 0 Å². The van der Waals surface area contributed by atoms with Gasteiger partial charge in [0, 0.05) is 18.6 Å². The Kier molecular flexibility index (Phi) is 5.25. The molecule has 1 heterocycles. The predicted molar refractivity (Wildman–Crippen MR) is 78.8 cm³/mol. The molecule has 0 aromatic heterocycles. The summed E-state index contributed by atoms with van der Waals surface area (Å²) in [7, 11) is 0. The van der Waals surface area contributed by atoms with Crippen molar-refractivity contribution in [2.75, 3.05) is 19.6 Å². The van der Waals surface area contributed by atoms with Crippen LogP contribution in [0, 0.1) is 5.92 Å².